The van der Waals surface area contributed by atoms with Gasteiger partial charge >= 0.3 is 0 Å². The summed E-state index contributed by atoms with van der Waals surface area (Å²) in [6, 6.07) is 14.0. The van der Waals surface area contributed by atoms with Gasteiger partial charge in [0, 0.05) is 6.04 Å². The third kappa shape index (κ3) is 4.15. The highest BCUT2D eigenvalue weighted by molar-refractivity contribution is 5.38. The summed E-state index contributed by atoms with van der Waals surface area (Å²) in [6.07, 6.45) is 2.01. The second-order valence-electron chi connectivity index (χ2n) is 5.65. The average molecular weight is 285 g/mol. The van der Waals surface area contributed by atoms with Crippen LogP contribution < -0.4 is 5.32 Å². The Kier molecular flexibility index (Phi) is 5.51. The van der Waals surface area contributed by atoms with Gasteiger partial charge in [0.1, 0.15) is 5.82 Å². The maximum Gasteiger partial charge on any atom is 0.123 e. The number of nitrogens with one attached hydrogen (secondary N) is 1. The zero-order chi connectivity index (χ0) is 15.2. The summed E-state index contributed by atoms with van der Waals surface area (Å²) in [7, 11) is 0. The van der Waals surface area contributed by atoms with E-state index >= 15 is 0 Å². The Morgan fingerprint density at radius 1 is 1.05 bits per heavy atom. The molecule has 21 heavy (non-hydrogen) atoms. The van der Waals surface area contributed by atoms with E-state index in [1.54, 1.807) is 12.1 Å². The van der Waals surface area contributed by atoms with Gasteiger partial charge in [-0.15, -0.1) is 0 Å². The average Bonchev–Trinajstić information content (AvgIpc) is 2.44. The van der Waals surface area contributed by atoms with Crippen molar-refractivity contribution in [3.63, 3.8) is 0 Å². The van der Waals surface area contributed by atoms with Crippen molar-refractivity contribution in [1.29, 1.82) is 0 Å². The minimum Gasteiger partial charge on any atom is -0.310 e. The number of hydrogen-bond acceptors (Lipinski definition) is 1. The van der Waals surface area contributed by atoms with Crippen LogP contribution in [0.15, 0.2) is 42.5 Å². The molecule has 0 aromatic heterocycles. The molecule has 1 nitrogen and oxygen atoms in total. The summed E-state index contributed by atoms with van der Waals surface area (Å²) in [5.41, 5.74) is 4.58. The lowest BCUT2D eigenvalue weighted by Crippen LogP contribution is -2.25. The van der Waals surface area contributed by atoms with E-state index in [1.807, 2.05) is 19.9 Å². The van der Waals surface area contributed by atoms with Crippen LogP contribution >= 0.6 is 0 Å². The van der Waals surface area contributed by atoms with Gasteiger partial charge in [-0.3, -0.25) is 0 Å². The highest BCUT2D eigenvalue weighted by atomic mass is 19.1. The van der Waals surface area contributed by atoms with Crippen molar-refractivity contribution in [2.75, 3.05) is 6.54 Å². The molecular weight excluding hydrogens is 261 g/mol. The standard InChI is InChI=1S/C19H24FN/c1-4-10-21-18(13-16-8-6-5-7-9-16)19-14(2)11-17(20)12-15(19)3/h5-9,11-12,18,21H,4,10,13H2,1-3H3. The first-order valence-electron chi connectivity index (χ1n) is 7.65. The molecule has 0 amide bonds. The molecule has 112 valence electrons. The van der Waals surface area contributed by atoms with Crippen molar-refractivity contribution >= 4 is 0 Å². The minimum atomic E-state index is -0.150. The SMILES string of the molecule is CCCNC(Cc1ccccc1)c1c(C)cc(F)cc1C. The number of aryl methyl sites for hydroxylation is 2. The fraction of sp³-hybridized carbons (Fsp3) is 0.368. The van der Waals surface area contributed by atoms with E-state index in [-0.39, 0.29) is 11.9 Å². The smallest absolute Gasteiger partial charge is 0.123 e. The van der Waals surface area contributed by atoms with Crippen LogP contribution in [0.3, 0.4) is 0 Å². The molecule has 2 rings (SSSR count). The lowest BCUT2D eigenvalue weighted by Gasteiger charge is -2.23. The van der Waals surface area contributed by atoms with E-state index in [1.165, 1.54) is 11.1 Å². The third-order valence-electron chi connectivity index (χ3n) is 3.83. The first-order chi connectivity index (χ1) is 10.1. The molecule has 1 N–H and O–H groups in total. The molecule has 0 saturated heterocycles. The Bertz CT molecular complexity index is 554. The topological polar surface area (TPSA) is 12.0 Å². The predicted octanol–water partition coefficient (Wildman–Crippen LogP) is 4.73. The van der Waals surface area contributed by atoms with Crippen molar-refractivity contribution in [2.24, 2.45) is 0 Å². The van der Waals surface area contributed by atoms with Crippen LogP contribution in [0.1, 0.15) is 41.6 Å². The highest BCUT2D eigenvalue weighted by Crippen LogP contribution is 2.26. The van der Waals surface area contributed by atoms with Crippen LogP contribution in [-0.2, 0) is 6.42 Å². The van der Waals surface area contributed by atoms with Crippen molar-refractivity contribution < 1.29 is 4.39 Å². The highest BCUT2D eigenvalue weighted by Gasteiger charge is 2.17. The van der Waals surface area contributed by atoms with E-state index in [4.69, 9.17) is 0 Å². The van der Waals surface area contributed by atoms with Gasteiger partial charge in [0.15, 0.2) is 0 Å². The van der Waals surface area contributed by atoms with Gasteiger partial charge in [-0.25, -0.2) is 4.39 Å². The molecule has 0 aliphatic heterocycles. The molecule has 0 spiro atoms. The van der Waals surface area contributed by atoms with Crippen molar-refractivity contribution in [2.45, 2.75) is 39.7 Å². The first-order valence-corrected chi connectivity index (χ1v) is 7.65. The molecule has 0 radical (unpaired) electrons. The summed E-state index contributed by atoms with van der Waals surface area (Å²) < 4.78 is 13.5. The zero-order valence-electron chi connectivity index (χ0n) is 13.1. The number of rotatable bonds is 6. The summed E-state index contributed by atoms with van der Waals surface area (Å²) in [6.45, 7) is 7.12. The second kappa shape index (κ2) is 7.37. The van der Waals surface area contributed by atoms with E-state index < -0.39 is 0 Å². The predicted molar refractivity (Wildman–Crippen MR) is 87.1 cm³/mol. The summed E-state index contributed by atoms with van der Waals surface area (Å²) in [5, 5.41) is 3.61. The van der Waals surface area contributed by atoms with Gasteiger partial charge in [0.2, 0.25) is 0 Å². The van der Waals surface area contributed by atoms with Crippen molar-refractivity contribution in [3.8, 4) is 0 Å². The number of halogens is 1. The molecule has 1 unspecified atom stereocenters. The quantitative estimate of drug-likeness (QED) is 0.809. The maximum absolute atomic E-state index is 13.5. The Morgan fingerprint density at radius 3 is 2.24 bits per heavy atom. The molecule has 2 heteroatoms. The minimum absolute atomic E-state index is 0.150. The molecular formula is C19H24FN. The summed E-state index contributed by atoms with van der Waals surface area (Å²) >= 11 is 0. The summed E-state index contributed by atoms with van der Waals surface area (Å²) in [5.74, 6) is -0.150. The lowest BCUT2D eigenvalue weighted by atomic mass is 9.91. The fourth-order valence-electron chi connectivity index (χ4n) is 2.92. The molecule has 2 aromatic carbocycles. The Morgan fingerprint density at radius 2 is 1.67 bits per heavy atom. The van der Waals surface area contributed by atoms with Crippen LogP contribution in [0, 0.1) is 19.7 Å². The van der Waals surface area contributed by atoms with Gasteiger partial charge in [0.05, 0.1) is 0 Å². The largest absolute Gasteiger partial charge is 0.310 e. The Hall–Kier alpha value is -1.67. The number of hydrogen-bond donors (Lipinski definition) is 1. The normalized spacial score (nSPS) is 12.4. The van der Waals surface area contributed by atoms with Gasteiger partial charge in [-0.2, -0.15) is 0 Å². The van der Waals surface area contributed by atoms with Gasteiger partial charge in [-0.1, -0.05) is 37.3 Å². The maximum atomic E-state index is 13.5. The zero-order valence-corrected chi connectivity index (χ0v) is 13.1. The molecule has 2 aromatic rings. The molecule has 0 aliphatic carbocycles. The summed E-state index contributed by atoms with van der Waals surface area (Å²) in [4.78, 5) is 0. The molecule has 0 heterocycles. The molecule has 0 fully saturated rings. The number of benzene rings is 2. The van der Waals surface area contributed by atoms with Crippen LogP contribution in [0.25, 0.3) is 0 Å². The van der Waals surface area contributed by atoms with Gasteiger partial charge in [-0.05, 0) is 67.6 Å². The van der Waals surface area contributed by atoms with Crippen LogP contribution in [-0.4, -0.2) is 6.54 Å². The van der Waals surface area contributed by atoms with E-state index in [9.17, 15) is 4.39 Å². The van der Waals surface area contributed by atoms with E-state index in [0.717, 1.165) is 30.5 Å². The molecule has 0 bridgehead atoms. The second-order valence-corrected chi connectivity index (χ2v) is 5.65. The monoisotopic (exact) mass is 285 g/mol. The van der Waals surface area contributed by atoms with Crippen molar-refractivity contribution in [1.82, 2.24) is 5.32 Å². The molecule has 0 aliphatic rings. The van der Waals surface area contributed by atoms with Crippen LogP contribution in [0.4, 0.5) is 4.39 Å². The van der Waals surface area contributed by atoms with Crippen LogP contribution in [0.5, 0.6) is 0 Å². The molecule has 1 atom stereocenters. The first kappa shape index (κ1) is 15.7. The van der Waals surface area contributed by atoms with Gasteiger partial charge in [0.25, 0.3) is 0 Å². The lowest BCUT2D eigenvalue weighted by molar-refractivity contribution is 0.522. The molecule has 0 saturated carbocycles. The van der Waals surface area contributed by atoms with Crippen molar-refractivity contribution in [3.05, 3.63) is 70.5 Å². The fourth-order valence-corrected chi connectivity index (χ4v) is 2.92. The third-order valence-corrected chi connectivity index (χ3v) is 3.83. The van der Waals surface area contributed by atoms with E-state index in [0.29, 0.717) is 0 Å². The van der Waals surface area contributed by atoms with E-state index in [2.05, 4.69) is 36.5 Å². The Balaban J connectivity index is 2.32. The Labute approximate surface area is 127 Å². The van der Waals surface area contributed by atoms with Gasteiger partial charge < -0.3 is 5.32 Å². The van der Waals surface area contributed by atoms with Crippen LogP contribution in [0.2, 0.25) is 0 Å².